The van der Waals surface area contributed by atoms with E-state index in [1.54, 1.807) is 44.6 Å². The molecule has 3 rings (SSSR count). The van der Waals surface area contributed by atoms with Gasteiger partial charge in [-0.1, -0.05) is 11.2 Å². The van der Waals surface area contributed by atoms with Gasteiger partial charge in [0.1, 0.15) is 5.75 Å². The molecule has 0 atom stereocenters. The molecule has 1 heterocycles. The van der Waals surface area contributed by atoms with Gasteiger partial charge in [-0.15, -0.1) is 0 Å². The molecule has 3 aromatic rings. The van der Waals surface area contributed by atoms with Crippen molar-refractivity contribution in [2.75, 3.05) is 19.5 Å². The monoisotopic (exact) mass is 369 g/mol. The Bertz CT molecular complexity index is 939. The molecular weight excluding hydrogens is 350 g/mol. The summed E-state index contributed by atoms with van der Waals surface area (Å²) in [4.78, 5) is 16.3. The van der Waals surface area contributed by atoms with Crippen LogP contribution in [0, 0.1) is 0 Å². The third-order valence-electron chi connectivity index (χ3n) is 3.81. The van der Waals surface area contributed by atoms with Gasteiger partial charge in [0.15, 0.2) is 11.5 Å². The second kappa shape index (κ2) is 8.22. The first-order valence-electron chi connectivity index (χ1n) is 8.23. The van der Waals surface area contributed by atoms with E-state index in [0.29, 0.717) is 40.9 Å². The zero-order valence-electron chi connectivity index (χ0n) is 14.9. The maximum absolute atomic E-state index is 12.0. The Kier molecular flexibility index (Phi) is 5.55. The maximum Gasteiger partial charge on any atom is 0.227 e. The highest BCUT2D eigenvalue weighted by atomic mass is 16.5. The molecule has 0 aliphatic heterocycles. The molecule has 0 fully saturated rings. The summed E-state index contributed by atoms with van der Waals surface area (Å²) in [5.41, 5.74) is 1.24. The number of nitrogens with one attached hydrogen (secondary N) is 1. The number of carbonyl (C=O) groups excluding carboxylic acids is 1. The van der Waals surface area contributed by atoms with Crippen LogP contribution >= 0.6 is 0 Å². The van der Waals surface area contributed by atoms with Crippen molar-refractivity contribution in [3.8, 4) is 28.6 Å². The van der Waals surface area contributed by atoms with E-state index in [1.807, 2.05) is 0 Å². The largest absolute Gasteiger partial charge is 0.508 e. The average Bonchev–Trinajstić information content (AvgIpc) is 3.15. The number of methoxy groups -OCH3 is 2. The maximum atomic E-state index is 12.0. The van der Waals surface area contributed by atoms with Crippen molar-refractivity contribution in [1.29, 1.82) is 0 Å². The van der Waals surface area contributed by atoms with Gasteiger partial charge in [0.2, 0.25) is 17.6 Å². The van der Waals surface area contributed by atoms with E-state index in [1.165, 1.54) is 12.1 Å². The summed E-state index contributed by atoms with van der Waals surface area (Å²) in [5, 5.41) is 16.1. The number of aryl methyl sites for hydroxylation is 1. The molecule has 8 heteroatoms. The molecule has 27 heavy (non-hydrogen) atoms. The molecule has 0 aliphatic rings. The van der Waals surface area contributed by atoms with E-state index >= 15 is 0 Å². The van der Waals surface area contributed by atoms with Crippen molar-refractivity contribution >= 4 is 11.6 Å². The van der Waals surface area contributed by atoms with Crippen LogP contribution in [0.1, 0.15) is 12.3 Å². The van der Waals surface area contributed by atoms with Gasteiger partial charge < -0.3 is 24.4 Å². The second-order valence-corrected chi connectivity index (χ2v) is 5.68. The predicted octanol–water partition coefficient (Wildman–Crippen LogP) is 3.03. The fourth-order valence-electron chi connectivity index (χ4n) is 2.48. The molecule has 0 radical (unpaired) electrons. The van der Waals surface area contributed by atoms with Crippen LogP contribution in [-0.2, 0) is 11.2 Å². The van der Waals surface area contributed by atoms with E-state index in [0.717, 1.165) is 0 Å². The van der Waals surface area contributed by atoms with Crippen LogP contribution in [0.25, 0.3) is 11.4 Å². The first-order chi connectivity index (χ1) is 13.1. The number of phenolic OH excluding ortho intramolecular Hbond substituents is 1. The Morgan fingerprint density at radius 1 is 1.15 bits per heavy atom. The summed E-state index contributed by atoms with van der Waals surface area (Å²) >= 11 is 0. The summed E-state index contributed by atoms with van der Waals surface area (Å²) in [6.07, 6.45) is 0.466. The number of aromatic nitrogens is 2. The third-order valence-corrected chi connectivity index (χ3v) is 3.81. The van der Waals surface area contributed by atoms with Gasteiger partial charge in [-0.3, -0.25) is 4.79 Å². The molecule has 1 amide bonds. The van der Waals surface area contributed by atoms with Gasteiger partial charge in [-0.2, -0.15) is 4.98 Å². The summed E-state index contributed by atoms with van der Waals surface area (Å²) in [6, 6.07) is 11.7. The van der Waals surface area contributed by atoms with Crippen molar-refractivity contribution < 1.29 is 23.9 Å². The van der Waals surface area contributed by atoms with Crippen molar-refractivity contribution in [3.05, 3.63) is 48.4 Å². The van der Waals surface area contributed by atoms with Crippen LogP contribution in [0.3, 0.4) is 0 Å². The topological polar surface area (TPSA) is 107 Å². The van der Waals surface area contributed by atoms with Crippen molar-refractivity contribution in [3.63, 3.8) is 0 Å². The van der Waals surface area contributed by atoms with Crippen LogP contribution < -0.4 is 14.8 Å². The molecule has 1 aromatic heterocycles. The summed E-state index contributed by atoms with van der Waals surface area (Å²) < 4.78 is 15.7. The molecule has 140 valence electrons. The minimum atomic E-state index is -0.216. The zero-order chi connectivity index (χ0) is 19.2. The van der Waals surface area contributed by atoms with Crippen molar-refractivity contribution in [1.82, 2.24) is 10.1 Å². The zero-order valence-corrected chi connectivity index (χ0v) is 14.9. The number of nitrogens with zero attached hydrogens (tertiary/aromatic N) is 2. The molecule has 0 spiro atoms. The number of carbonyl (C=O) groups is 1. The highest BCUT2D eigenvalue weighted by Crippen LogP contribution is 2.31. The van der Waals surface area contributed by atoms with Crippen LogP contribution in [0.4, 0.5) is 5.69 Å². The average molecular weight is 369 g/mol. The lowest BCUT2D eigenvalue weighted by atomic mass is 10.2. The standard InChI is InChI=1S/C19H19N3O5/c1-25-15-7-6-12(10-16(15)26-2)19-21-18(27-22-19)9-8-17(24)20-13-4-3-5-14(23)11-13/h3-7,10-11,23H,8-9H2,1-2H3,(H,20,24). The van der Waals surface area contributed by atoms with Gasteiger partial charge in [-0.05, 0) is 30.3 Å². The third kappa shape index (κ3) is 4.55. The number of amides is 1. The van der Waals surface area contributed by atoms with E-state index in [2.05, 4.69) is 15.5 Å². The second-order valence-electron chi connectivity index (χ2n) is 5.68. The molecule has 2 aromatic carbocycles. The Labute approximate surface area is 155 Å². The molecule has 0 saturated heterocycles. The van der Waals surface area contributed by atoms with Crippen LogP contribution in [-0.4, -0.2) is 35.4 Å². The molecule has 0 saturated carbocycles. The van der Waals surface area contributed by atoms with Gasteiger partial charge in [0.05, 0.1) is 14.2 Å². The molecule has 0 aliphatic carbocycles. The van der Waals surface area contributed by atoms with Crippen LogP contribution in [0.5, 0.6) is 17.2 Å². The molecule has 8 nitrogen and oxygen atoms in total. The lowest BCUT2D eigenvalue weighted by Crippen LogP contribution is -2.12. The highest BCUT2D eigenvalue weighted by Gasteiger charge is 2.13. The lowest BCUT2D eigenvalue weighted by molar-refractivity contribution is -0.116. The minimum absolute atomic E-state index is 0.0873. The SMILES string of the molecule is COc1ccc(-c2noc(CCC(=O)Nc3cccc(O)c3)n2)cc1OC. The van der Waals surface area contributed by atoms with Gasteiger partial charge in [0, 0.05) is 30.2 Å². The summed E-state index contributed by atoms with van der Waals surface area (Å²) in [5.74, 6) is 1.79. The smallest absolute Gasteiger partial charge is 0.227 e. The first kappa shape index (κ1) is 18.2. The first-order valence-corrected chi connectivity index (χ1v) is 8.23. The minimum Gasteiger partial charge on any atom is -0.508 e. The Balaban J connectivity index is 1.62. The summed E-state index contributed by atoms with van der Waals surface area (Å²) in [6.45, 7) is 0. The number of anilines is 1. The molecule has 0 bridgehead atoms. The molecule has 2 N–H and O–H groups in total. The summed E-state index contributed by atoms with van der Waals surface area (Å²) in [7, 11) is 3.11. The Hall–Kier alpha value is -3.55. The quantitative estimate of drug-likeness (QED) is 0.659. The predicted molar refractivity (Wildman–Crippen MR) is 97.9 cm³/mol. The van der Waals surface area contributed by atoms with Crippen LogP contribution in [0.15, 0.2) is 47.0 Å². The molecular formula is C19H19N3O5. The Morgan fingerprint density at radius 3 is 2.70 bits per heavy atom. The van der Waals surface area contributed by atoms with Gasteiger partial charge in [-0.25, -0.2) is 0 Å². The van der Waals surface area contributed by atoms with E-state index < -0.39 is 0 Å². The van der Waals surface area contributed by atoms with Crippen molar-refractivity contribution in [2.24, 2.45) is 0 Å². The van der Waals surface area contributed by atoms with Gasteiger partial charge in [0.25, 0.3) is 0 Å². The fraction of sp³-hybridized carbons (Fsp3) is 0.211. The number of benzene rings is 2. The van der Waals surface area contributed by atoms with Gasteiger partial charge >= 0.3 is 0 Å². The number of hydrogen-bond acceptors (Lipinski definition) is 7. The number of rotatable bonds is 7. The van der Waals surface area contributed by atoms with E-state index in [9.17, 15) is 9.90 Å². The van der Waals surface area contributed by atoms with E-state index in [4.69, 9.17) is 14.0 Å². The number of aromatic hydroxyl groups is 1. The number of ether oxygens (including phenoxy) is 2. The highest BCUT2D eigenvalue weighted by molar-refractivity contribution is 5.90. The fourth-order valence-corrected chi connectivity index (χ4v) is 2.48. The molecule has 0 unspecified atom stereocenters. The Morgan fingerprint density at radius 2 is 1.96 bits per heavy atom. The lowest BCUT2D eigenvalue weighted by Gasteiger charge is -2.07. The number of phenols is 1. The van der Waals surface area contributed by atoms with Crippen molar-refractivity contribution in [2.45, 2.75) is 12.8 Å². The number of hydrogen-bond donors (Lipinski definition) is 2. The van der Waals surface area contributed by atoms with Crippen LogP contribution in [0.2, 0.25) is 0 Å². The van der Waals surface area contributed by atoms with E-state index in [-0.39, 0.29) is 18.1 Å². The normalized spacial score (nSPS) is 10.4.